The van der Waals surface area contributed by atoms with Crippen LogP contribution in [0.1, 0.15) is 94.4 Å². The molecule has 1 fully saturated rings. The molecule has 0 amide bonds. The quantitative estimate of drug-likeness (QED) is 0.482. The molecule has 0 bridgehead atoms. The van der Waals surface area contributed by atoms with Gasteiger partial charge in [0.05, 0.1) is 6.42 Å². The van der Waals surface area contributed by atoms with Gasteiger partial charge in [0, 0.05) is 23.0 Å². The van der Waals surface area contributed by atoms with Gasteiger partial charge in [-0.05, 0) is 54.4 Å². The van der Waals surface area contributed by atoms with Crippen molar-refractivity contribution in [2.24, 2.45) is 11.8 Å². The van der Waals surface area contributed by atoms with Gasteiger partial charge in [0.2, 0.25) is 0 Å². The lowest BCUT2D eigenvalue weighted by molar-refractivity contribution is -0.131. The number of rotatable bonds is 6. The zero-order valence-electron chi connectivity index (χ0n) is 19.4. The van der Waals surface area contributed by atoms with E-state index in [1.54, 1.807) is 38.1 Å². The van der Waals surface area contributed by atoms with Crippen LogP contribution in [0.15, 0.2) is 24.3 Å². The van der Waals surface area contributed by atoms with Crippen LogP contribution in [0, 0.1) is 11.8 Å². The highest BCUT2D eigenvalue weighted by molar-refractivity contribution is 6.07. The average Bonchev–Trinajstić information content (AvgIpc) is 2.67. The van der Waals surface area contributed by atoms with Gasteiger partial charge in [-0.2, -0.15) is 0 Å². The summed E-state index contributed by atoms with van der Waals surface area (Å²) in [4.78, 5) is 64.4. The lowest BCUT2D eigenvalue weighted by Crippen LogP contribution is -2.30. The van der Waals surface area contributed by atoms with Crippen LogP contribution in [0.25, 0.3) is 0 Å². The van der Waals surface area contributed by atoms with Crippen LogP contribution in [0.5, 0.6) is 0 Å². The predicted molar refractivity (Wildman–Crippen MR) is 119 cm³/mol. The van der Waals surface area contributed by atoms with Crippen molar-refractivity contribution in [3.63, 3.8) is 0 Å². The molecule has 0 radical (unpaired) electrons. The van der Waals surface area contributed by atoms with Crippen LogP contribution in [0.2, 0.25) is 0 Å². The van der Waals surface area contributed by atoms with E-state index in [4.69, 9.17) is 0 Å². The highest BCUT2D eigenvalue weighted by atomic mass is 16.2. The molecule has 0 spiro atoms. The smallest absolute Gasteiger partial charge is 0.160 e. The van der Waals surface area contributed by atoms with Gasteiger partial charge >= 0.3 is 0 Å². The maximum Gasteiger partial charge on any atom is 0.160 e. The van der Waals surface area contributed by atoms with Crippen LogP contribution in [0.3, 0.4) is 0 Å². The molecule has 0 aromatic heterocycles. The van der Waals surface area contributed by atoms with Gasteiger partial charge in [-0.15, -0.1) is 0 Å². The maximum absolute atomic E-state index is 11.2. The molecule has 2 unspecified atom stereocenters. The van der Waals surface area contributed by atoms with E-state index in [0.29, 0.717) is 11.1 Å². The zero-order chi connectivity index (χ0) is 24.1. The maximum atomic E-state index is 11.2. The van der Waals surface area contributed by atoms with E-state index in [9.17, 15) is 28.8 Å². The molecular weight excluding hydrogens is 396 g/mol. The average molecular weight is 431 g/mol. The van der Waals surface area contributed by atoms with E-state index in [2.05, 4.69) is 0 Å². The predicted octanol–water partition coefficient (Wildman–Crippen LogP) is 4.62. The SMILES string of the molecule is CC(=O)C1CCCCC1C(C)=O.CC(=O)CC(C)=O.CC(=O)c1ccccc1C(C)=O. The summed E-state index contributed by atoms with van der Waals surface area (Å²) in [6, 6.07) is 6.84. The molecule has 1 aliphatic rings. The summed E-state index contributed by atoms with van der Waals surface area (Å²) in [5.74, 6) is 0.166. The van der Waals surface area contributed by atoms with Crippen molar-refractivity contribution in [1.82, 2.24) is 0 Å². The molecule has 170 valence electrons. The molecule has 0 N–H and O–H groups in total. The second kappa shape index (κ2) is 14.3. The first kappa shape index (κ1) is 28.2. The van der Waals surface area contributed by atoms with Gasteiger partial charge in [-0.25, -0.2) is 0 Å². The van der Waals surface area contributed by atoms with Crippen LogP contribution < -0.4 is 0 Å². The number of hydrogen-bond donors (Lipinski definition) is 0. The number of hydrogen-bond acceptors (Lipinski definition) is 6. The van der Waals surface area contributed by atoms with E-state index in [0.717, 1.165) is 25.7 Å². The molecule has 2 atom stereocenters. The molecule has 1 aliphatic carbocycles. The van der Waals surface area contributed by atoms with Crippen LogP contribution in [0.4, 0.5) is 0 Å². The summed E-state index contributed by atoms with van der Waals surface area (Å²) < 4.78 is 0. The van der Waals surface area contributed by atoms with Crippen molar-refractivity contribution in [2.45, 2.75) is 73.6 Å². The summed E-state index contributed by atoms with van der Waals surface area (Å²) >= 11 is 0. The second-order valence-corrected chi connectivity index (χ2v) is 7.96. The van der Waals surface area contributed by atoms with Crippen molar-refractivity contribution < 1.29 is 28.8 Å². The molecule has 0 heterocycles. The van der Waals surface area contributed by atoms with Gasteiger partial charge in [-0.3, -0.25) is 28.8 Å². The molecule has 0 saturated heterocycles. The van der Waals surface area contributed by atoms with Crippen LogP contribution in [-0.2, 0) is 19.2 Å². The fourth-order valence-corrected chi connectivity index (χ4v) is 3.55. The molecule has 2 rings (SSSR count). The minimum Gasteiger partial charge on any atom is -0.300 e. The Labute approximate surface area is 184 Å². The van der Waals surface area contributed by atoms with Crippen LogP contribution >= 0.6 is 0 Å². The Morgan fingerprint density at radius 1 is 0.645 bits per heavy atom. The van der Waals surface area contributed by atoms with Gasteiger partial charge < -0.3 is 0 Å². The number of benzene rings is 1. The van der Waals surface area contributed by atoms with E-state index in [1.807, 2.05) is 0 Å². The summed E-state index contributed by atoms with van der Waals surface area (Å²) in [6.07, 6.45) is 4.13. The Morgan fingerprint density at radius 3 is 1.16 bits per heavy atom. The van der Waals surface area contributed by atoms with Gasteiger partial charge in [0.25, 0.3) is 0 Å². The molecule has 1 aromatic rings. The van der Waals surface area contributed by atoms with Crippen molar-refractivity contribution >= 4 is 34.7 Å². The lowest BCUT2D eigenvalue weighted by Gasteiger charge is -2.27. The topological polar surface area (TPSA) is 102 Å². The van der Waals surface area contributed by atoms with Gasteiger partial charge in [-0.1, -0.05) is 37.1 Å². The molecule has 1 aromatic carbocycles. The molecule has 6 nitrogen and oxygen atoms in total. The second-order valence-electron chi connectivity index (χ2n) is 7.96. The largest absolute Gasteiger partial charge is 0.300 e. The van der Waals surface area contributed by atoms with E-state index < -0.39 is 0 Å². The third kappa shape index (κ3) is 11.3. The fraction of sp³-hybridized carbons (Fsp3) is 0.520. The fourth-order valence-electron chi connectivity index (χ4n) is 3.55. The number of carbonyl (C=O) groups excluding carboxylic acids is 6. The summed E-state index contributed by atoms with van der Waals surface area (Å²) in [5, 5.41) is 0. The number of Topliss-reactive ketones (excluding diaryl/α,β-unsaturated/α-hetero) is 6. The van der Waals surface area contributed by atoms with Crippen molar-refractivity contribution in [1.29, 1.82) is 0 Å². The molecule has 6 heteroatoms. The lowest BCUT2D eigenvalue weighted by atomic mass is 9.75. The molecular formula is C25H34O6. The standard InChI is InChI=1S/C10H16O2.C10H10O2.C5H8O2/c2*1-7(11)9-5-3-4-6-10(9)8(2)12;1-4(6)3-5(2)7/h9-10H,3-6H2,1-2H3;3-6H,1-2H3;3H2,1-2H3. The first-order chi connectivity index (χ1) is 14.4. The number of carbonyl (C=O) groups is 6. The zero-order valence-corrected chi connectivity index (χ0v) is 19.4. The summed E-state index contributed by atoms with van der Waals surface area (Å²) in [5.41, 5.74) is 1.01. The van der Waals surface area contributed by atoms with Crippen LogP contribution in [-0.4, -0.2) is 34.7 Å². The first-order valence-electron chi connectivity index (χ1n) is 10.5. The molecule has 1 saturated carbocycles. The third-order valence-corrected chi connectivity index (χ3v) is 4.99. The van der Waals surface area contributed by atoms with Gasteiger partial charge in [0.1, 0.15) is 23.1 Å². The van der Waals surface area contributed by atoms with E-state index in [1.165, 1.54) is 27.7 Å². The highest BCUT2D eigenvalue weighted by Gasteiger charge is 2.31. The minimum absolute atomic E-state index is 0.0243. The first-order valence-corrected chi connectivity index (χ1v) is 10.5. The van der Waals surface area contributed by atoms with E-state index >= 15 is 0 Å². The Hall–Kier alpha value is -2.76. The van der Waals surface area contributed by atoms with E-state index in [-0.39, 0.29) is 53.0 Å². The monoisotopic (exact) mass is 430 g/mol. The Morgan fingerprint density at radius 2 is 0.968 bits per heavy atom. The summed E-state index contributed by atoms with van der Waals surface area (Å²) in [6.45, 7) is 8.93. The third-order valence-electron chi connectivity index (χ3n) is 4.99. The summed E-state index contributed by atoms with van der Waals surface area (Å²) in [7, 11) is 0. The Kier molecular flexibility index (Phi) is 13.0. The van der Waals surface area contributed by atoms with Gasteiger partial charge in [0.15, 0.2) is 11.6 Å². The van der Waals surface area contributed by atoms with Crippen molar-refractivity contribution in [2.75, 3.05) is 0 Å². The molecule has 0 aliphatic heterocycles. The minimum atomic E-state index is -0.0687. The normalized spacial score (nSPS) is 17.1. The van der Waals surface area contributed by atoms with Crippen molar-refractivity contribution in [3.8, 4) is 0 Å². The number of ketones is 6. The Bertz CT molecular complexity index is 754. The highest BCUT2D eigenvalue weighted by Crippen LogP contribution is 2.31. The Balaban J connectivity index is 0.000000454. The molecule has 31 heavy (non-hydrogen) atoms. The van der Waals surface area contributed by atoms with Crippen molar-refractivity contribution in [3.05, 3.63) is 35.4 Å².